The number of benzene rings is 1. The zero-order chi connectivity index (χ0) is 19.2. The number of halogens is 1. The lowest BCUT2D eigenvalue weighted by Gasteiger charge is -2.33. The number of aliphatic hydroxyl groups is 1. The highest BCUT2D eigenvalue weighted by atomic mass is 19.1. The molecular formula is C23H30FN3O. The molecule has 1 N–H and O–H groups in total. The number of rotatable bonds is 4. The van der Waals surface area contributed by atoms with Gasteiger partial charge in [0.15, 0.2) is 0 Å². The number of hydrogen-bond donors (Lipinski definition) is 1. The summed E-state index contributed by atoms with van der Waals surface area (Å²) in [5.74, 6) is 0. The number of likely N-dealkylation sites (N-methyl/N-ethyl adjacent to an activating group) is 1. The number of alkyl halides is 1. The molecule has 1 aliphatic rings. The van der Waals surface area contributed by atoms with Crippen molar-refractivity contribution in [2.24, 2.45) is 0 Å². The fourth-order valence-corrected chi connectivity index (χ4v) is 4.19. The molecule has 5 heteroatoms. The highest BCUT2D eigenvalue weighted by Crippen LogP contribution is 2.35. The standard InChI is InChI=1S/C22H26FN3O.CH4/c1-15-6-7-20-18(9-15)19-13-25(3)17(11-23)10-21(19)26(20)14-22(2,27)16-5-4-8-24-12-16;/h4-9,12,17,27H,10-11,13-14H2,1-3H3;1H4. The first-order valence-electron chi connectivity index (χ1n) is 9.40. The van der Waals surface area contributed by atoms with Crippen LogP contribution in [0.25, 0.3) is 10.9 Å². The van der Waals surface area contributed by atoms with E-state index in [0.717, 1.165) is 23.3 Å². The molecule has 3 heterocycles. The number of aromatic nitrogens is 2. The van der Waals surface area contributed by atoms with Gasteiger partial charge < -0.3 is 9.67 Å². The summed E-state index contributed by atoms with van der Waals surface area (Å²) in [5, 5.41) is 12.4. The monoisotopic (exact) mass is 383 g/mol. The second-order valence-electron chi connectivity index (χ2n) is 7.97. The van der Waals surface area contributed by atoms with E-state index in [1.807, 2.05) is 26.1 Å². The maximum atomic E-state index is 13.6. The van der Waals surface area contributed by atoms with Crippen molar-refractivity contribution in [3.05, 3.63) is 65.1 Å². The van der Waals surface area contributed by atoms with Gasteiger partial charge in [0.25, 0.3) is 0 Å². The number of fused-ring (bicyclic) bond motifs is 3. The van der Waals surface area contributed by atoms with Crippen molar-refractivity contribution in [1.82, 2.24) is 14.5 Å². The van der Waals surface area contributed by atoms with Crippen molar-refractivity contribution in [3.63, 3.8) is 0 Å². The number of pyridine rings is 1. The van der Waals surface area contributed by atoms with Crippen LogP contribution >= 0.6 is 0 Å². The van der Waals surface area contributed by atoms with Gasteiger partial charge in [0.2, 0.25) is 0 Å². The van der Waals surface area contributed by atoms with E-state index in [0.29, 0.717) is 13.0 Å². The Morgan fingerprint density at radius 1 is 1.32 bits per heavy atom. The van der Waals surface area contributed by atoms with Crippen LogP contribution in [0.2, 0.25) is 0 Å². The Hall–Kier alpha value is -2.24. The Balaban J connectivity index is 0.00000225. The van der Waals surface area contributed by atoms with Crippen LogP contribution in [0.4, 0.5) is 4.39 Å². The van der Waals surface area contributed by atoms with Crippen LogP contribution in [0.1, 0.15) is 36.7 Å². The average molecular weight is 384 g/mol. The van der Waals surface area contributed by atoms with Gasteiger partial charge >= 0.3 is 0 Å². The highest BCUT2D eigenvalue weighted by molar-refractivity contribution is 5.86. The summed E-state index contributed by atoms with van der Waals surface area (Å²) in [6.07, 6.45) is 4.07. The van der Waals surface area contributed by atoms with Gasteiger partial charge in [0, 0.05) is 53.6 Å². The summed E-state index contributed by atoms with van der Waals surface area (Å²) < 4.78 is 15.8. The summed E-state index contributed by atoms with van der Waals surface area (Å²) in [7, 11) is 1.98. The Labute approximate surface area is 166 Å². The van der Waals surface area contributed by atoms with Crippen LogP contribution in [0.15, 0.2) is 42.7 Å². The Morgan fingerprint density at radius 2 is 2.11 bits per heavy atom. The molecule has 2 aromatic heterocycles. The number of hydrogen-bond acceptors (Lipinski definition) is 3. The number of nitrogens with zero attached hydrogens (tertiary/aromatic N) is 3. The second-order valence-corrected chi connectivity index (χ2v) is 7.97. The topological polar surface area (TPSA) is 41.3 Å². The van der Waals surface area contributed by atoms with E-state index in [1.165, 1.54) is 16.5 Å². The minimum absolute atomic E-state index is 0. The van der Waals surface area contributed by atoms with Crippen LogP contribution in [0, 0.1) is 6.92 Å². The van der Waals surface area contributed by atoms with E-state index in [4.69, 9.17) is 0 Å². The highest BCUT2D eigenvalue weighted by Gasteiger charge is 2.32. The third-order valence-corrected chi connectivity index (χ3v) is 5.83. The quantitative estimate of drug-likeness (QED) is 0.734. The minimum Gasteiger partial charge on any atom is -0.384 e. The van der Waals surface area contributed by atoms with Crippen molar-refractivity contribution >= 4 is 10.9 Å². The summed E-state index contributed by atoms with van der Waals surface area (Å²) in [5.41, 5.74) is 4.42. The van der Waals surface area contributed by atoms with Crippen LogP contribution < -0.4 is 0 Å². The summed E-state index contributed by atoms with van der Waals surface area (Å²) in [6, 6.07) is 10.0. The van der Waals surface area contributed by atoms with Crippen LogP contribution in [-0.4, -0.2) is 39.3 Å². The second kappa shape index (κ2) is 7.64. The molecule has 1 aliphatic heterocycles. The molecule has 4 nitrogen and oxygen atoms in total. The lowest BCUT2D eigenvalue weighted by Crippen LogP contribution is -2.40. The van der Waals surface area contributed by atoms with Gasteiger partial charge in [0.1, 0.15) is 12.3 Å². The zero-order valence-electron chi connectivity index (χ0n) is 16.1. The van der Waals surface area contributed by atoms with Gasteiger partial charge in [-0.2, -0.15) is 0 Å². The molecule has 3 aromatic rings. The average Bonchev–Trinajstić information content (AvgIpc) is 2.93. The molecule has 0 amide bonds. The summed E-state index contributed by atoms with van der Waals surface area (Å²) >= 11 is 0. The normalized spacial score (nSPS) is 19.1. The molecule has 4 rings (SSSR count). The lowest BCUT2D eigenvalue weighted by molar-refractivity contribution is 0.0377. The fraction of sp³-hybridized carbons (Fsp3) is 0.435. The van der Waals surface area contributed by atoms with E-state index < -0.39 is 5.60 Å². The van der Waals surface area contributed by atoms with E-state index in [-0.39, 0.29) is 20.1 Å². The maximum Gasteiger partial charge on any atom is 0.106 e. The predicted octanol–water partition coefficient (Wildman–Crippen LogP) is 4.21. The third kappa shape index (κ3) is 3.45. The van der Waals surface area contributed by atoms with Gasteiger partial charge in [0.05, 0.1) is 6.54 Å². The van der Waals surface area contributed by atoms with Crippen LogP contribution in [-0.2, 0) is 25.1 Å². The smallest absolute Gasteiger partial charge is 0.106 e. The Kier molecular flexibility index (Phi) is 5.60. The van der Waals surface area contributed by atoms with Gasteiger partial charge in [-0.1, -0.05) is 25.1 Å². The van der Waals surface area contributed by atoms with Crippen molar-refractivity contribution in [1.29, 1.82) is 0 Å². The molecule has 0 saturated heterocycles. The molecule has 1 aromatic carbocycles. The maximum absolute atomic E-state index is 13.6. The molecule has 150 valence electrons. The van der Waals surface area contributed by atoms with Gasteiger partial charge in [-0.25, -0.2) is 4.39 Å². The van der Waals surface area contributed by atoms with Crippen LogP contribution in [0.5, 0.6) is 0 Å². The van der Waals surface area contributed by atoms with E-state index in [9.17, 15) is 9.50 Å². The first kappa shape index (κ1) is 20.5. The Bertz CT molecular complexity index is 965. The van der Waals surface area contributed by atoms with Crippen molar-refractivity contribution in [3.8, 4) is 0 Å². The molecule has 0 saturated carbocycles. The van der Waals surface area contributed by atoms with E-state index >= 15 is 0 Å². The lowest BCUT2D eigenvalue weighted by atomic mass is 9.96. The third-order valence-electron chi connectivity index (χ3n) is 5.83. The Morgan fingerprint density at radius 3 is 2.79 bits per heavy atom. The van der Waals surface area contributed by atoms with Gasteiger partial charge in [-0.15, -0.1) is 0 Å². The molecule has 2 unspecified atom stereocenters. The first-order valence-corrected chi connectivity index (χ1v) is 9.40. The van der Waals surface area contributed by atoms with Crippen molar-refractivity contribution in [2.45, 2.75) is 52.4 Å². The summed E-state index contributed by atoms with van der Waals surface area (Å²) in [4.78, 5) is 6.24. The molecular weight excluding hydrogens is 353 g/mol. The fourth-order valence-electron chi connectivity index (χ4n) is 4.19. The first-order chi connectivity index (χ1) is 12.9. The van der Waals surface area contributed by atoms with E-state index in [1.54, 1.807) is 12.4 Å². The van der Waals surface area contributed by atoms with Gasteiger partial charge in [-0.05, 0) is 44.7 Å². The SMILES string of the molecule is C.Cc1ccc2c(c1)c1c(n2CC(C)(O)c2cccnc2)CC(CF)N(C)C1. The molecule has 0 spiro atoms. The molecule has 2 atom stereocenters. The number of aryl methyl sites for hydroxylation is 1. The van der Waals surface area contributed by atoms with Crippen molar-refractivity contribution < 1.29 is 9.50 Å². The van der Waals surface area contributed by atoms with Gasteiger partial charge in [-0.3, -0.25) is 9.88 Å². The summed E-state index contributed by atoms with van der Waals surface area (Å²) in [6.45, 7) is 4.68. The predicted molar refractivity (Wildman–Crippen MR) is 112 cm³/mol. The van der Waals surface area contributed by atoms with E-state index in [2.05, 4.69) is 39.6 Å². The van der Waals surface area contributed by atoms with Crippen LogP contribution in [0.3, 0.4) is 0 Å². The minimum atomic E-state index is -1.06. The molecule has 0 bridgehead atoms. The molecule has 0 fully saturated rings. The molecule has 28 heavy (non-hydrogen) atoms. The zero-order valence-corrected chi connectivity index (χ0v) is 16.1. The van der Waals surface area contributed by atoms with Crippen molar-refractivity contribution in [2.75, 3.05) is 13.7 Å². The molecule has 0 radical (unpaired) electrons. The largest absolute Gasteiger partial charge is 0.384 e. The molecule has 0 aliphatic carbocycles.